The third kappa shape index (κ3) is 2.39. The number of rotatable bonds is 2. The van der Waals surface area contributed by atoms with E-state index >= 15 is 0 Å². The second kappa shape index (κ2) is 4.34. The predicted molar refractivity (Wildman–Crippen MR) is 52.8 cm³/mol. The number of aromatic nitrogens is 1. The van der Waals surface area contributed by atoms with Crippen LogP contribution in [-0.2, 0) is 0 Å². The number of pyridine rings is 1. The first-order valence-corrected chi connectivity index (χ1v) is 4.90. The Morgan fingerprint density at radius 3 is 3.06 bits per heavy atom. The summed E-state index contributed by atoms with van der Waals surface area (Å²) in [6.07, 6.45) is 1.93. The molecule has 5 nitrogen and oxygen atoms in total. The lowest BCUT2D eigenvalue weighted by molar-refractivity contribution is 0.145. The van der Waals surface area contributed by atoms with Gasteiger partial charge >= 0.3 is 6.09 Å². The number of ether oxygens (including phenoxy) is 1. The monoisotopic (exact) mass is 226 g/mol. The molecule has 2 rings (SSSR count). The average Bonchev–Trinajstić information content (AvgIpc) is 2.66. The van der Waals surface area contributed by atoms with Gasteiger partial charge in [-0.15, -0.1) is 0 Å². The minimum absolute atomic E-state index is 0.223. The van der Waals surface area contributed by atoms with Gasteiger partial charge in [0.05, 0.1) is 18.9 Å². The fourth-order valence-electron chi connectivity index (χ4n) is 1.65. The lowest BCUT2D eigenvalue weighted by Crippen LogP contribution is -2.29. The molecule has 1 aromatic rings. The summed E-state index contributed by atoms with van der Waals surface area (Å²) >= 11 is 0. The number of amides is 1. The first kappa shape index (κ1) is 10.7. The van der Waals surface area contributed by atoms with Crippen molar-refractivity contribution in [2.75, 3.05) is 13.1 Å². The van der Waals surface area contributed by atoms with Crippen molar-refractivity contribution >= 4 is 6.09 Å². The zero-order valence-corrected chi connectivity index (χ0v) is 8.47. The molecule has 0 spiro atoms. The summed E-state index contributed by atoms with van der Waals surface area (Å²) in [5.41, 5.74) is 0. The first-order valence-electron chi connectivity index (χ1n) is 4.90. The lowest BCUT2D eigenvalue weighted by atomic mass is 10.3. The molecule has 0 unspecified atom stereocenters. The van der Waals surface area contributed by atoms with Crippen molar-refractivity contribution in [2.45, 2.75) is 12.5 Å². The first-order chi connectivity index (χ1) is 7.65. The maximum Gasteiger partial charge on any atom is 0.407 e. The molecule has 6 heteroatoms. The quantitative estimate of drug-likeness (QED) is 0.826. The highest BCUT2D eigenvalue weighted by Gasteiger charge is 2.27. The largest absolute Gasteiger partial charge is 0.487 e. The Kier molecular flexibility index (Phi) is 2.89. The van der Waals surface area contributed by atoms with Crippen LogP contribution in [-0.4, -0.2) is 40.3 Å². The standard InChI is InChI=1S/C10H11FN2O3/c11-7-3-9(5-12-4-7)16-8-1-2-13(6-8)10(14)15/h3-5,8H,1-2,6H2,(H,14,15)/t8-/m0/s1. The van der Waals surface area contributed by atoms with Gasteiger partial charge in [0.15, 0.2) is 0 Å². The Balaban J connectivity index is 1.94. The van der Waals surface area contributed by atoms with Gasteiger partial charge in [0.1, 0.15) is 17.7 Å². The summed E-state index contributed by atoms with van der Waals surface area (Å²) in [7, 11) is 0. The molecule has 1 amide bonds. The molecule has 16 heavy (non-hydrogen) atoms. The van der Waals surface area contributed by atoms with E-state index in [9.17, 15) is 9.18 Å². The smallest absolute Gasteiger partial charge is 0.407 e. The normalized spacial score (nSPS) is 19.8. The van der Waals surface area contributed by atoms with Crippen molar-refractivity contribution in [3.05, 3.63) is 24.3 Å². The molecule has 0 aliphatic carbocycles. The van der Waals surface area contributed by atoms with Crippen LogP contribution in [0.1, 0.15) is 6.42 Å². The van der Waals surface area contributed by atoms with Gasteiger partial charge in [0.2, 0.25) is 0 Å². The van der Waals surface area contributed by atoms with E-state index in [0.29, 0.717) is 25.3 Å². The maximum atomic E-state index is 12.8. The van der Waals surface area contributed by atoms with Crippen LogP contribution in [0.2, 0.25) is 0 Å². The van der Waals surface area contributed by atoms with Crippen LogP contribution in [0.15, 0.2) is 18.5 Å². The van der Waals surface area contributed by atoms with Gasteiger partial charge in [0.25, 0.3) is 0 Å². The fraction of sp³-hybridized carbons (Fsp3) is 0.400. The van der Waals surface area contributed by atoms with Crippen LogP contribution in [0.25, 0.3) is 0 Å². The van der Waals surface area contributed by atoms with Gasteiger partial charge in [-0.2, -0.15) is 0 Å². The van der Waals surface area contributed by atoms with Gasteiger partial charge in [-0.3, -0.25) is 4.98 Å². The number of carbonyl (C=O) groups is 1. The highest BCUT2D eigenvalue weighted by Crippen LogP contribution is 2.18. The maximum absolute atomic E-state index is 12.8. The fourth-order valence-corrected chi connectivity index (χ4v) is 1.65. The highest BCUT2D eigenvalue weighted by molar-refractivity contribution is 5.65. The van der Waals surface area contributed by atoms with Crippen molar-refractivity contribution in [3.63, 3.8) is 0 Å². The van der Waals surface area contributed by atoms with Crippen LogP contribution in [0, 0.1) is 5.82 Å². The summed E-state index contributed by atoms with van der Waals surface area (Å²) in [5.74, 6) is -0.136. The van der Waals surface area contributed by atoms with Crippen LogP contribution in [0.5, 0.6) is 5.75 Å². The van der Waals surface area contributed by atoms with Crippen LogP contribution < -0.4 is 4.74 Å². The molecule has 0 aromatic carbocycles. The molecule has 0 radical (unpaired) electrons. The SMILES string of the molecule is O=C(O)N1CC[C@H](Oc2cncc(F)c2)C1. The van der Waals surface area contributed by atoms with Crippen molar-refractivity contribution in [1.29, 1.82) is 0 Å². The molecule has 1 aliphatic rings. The third-order valence-electron chi connectivity index (χ3n) is 2.40. The van der Waals surface area contributed by atoms with E-state index in [0.717, 1.165) is 6.20 Å². The van der Waals surface area contributed by atoms with Crippen molar-refractivity contribution in [1.82, 2.24) is 9.88 Å². The summed E-state index contributed by atoms with van der Waals surface area (Å²) in [6, 6.07) is 1.23. The van der Waals surface area contributed by atoms with Gasteiger partial charge < -0.3 is 14.7 Å². The zero-order chi connectivity index (χ0) is 11.5. The number of halogens is 1. The molecular formula is C10H11FN2O3. The van der Waals surface area contributed by atoms with Gasteiger partial charge in [-0.25, -0.2) is 9.18 Å². The molecule has 1 saturated heterocycles. The van der Waals surface area contributed by atoms with E-state index < -0.39 is 11.9 Å². The van der Waals surface area contributed by atoms with Gasteiger partial charge in [0, 0.05) is 19.0 Å². The Morgan fingerprint density at radius 1 is 1.62 bits per heavy atom. The molecule has 86 valence electrons. The van der Waals surface area contributed by atoms with E-state index in [-0.39, 0.29) is 6.10 Å². The summed E-state index contributed by atoms with van der Waals surface area (Å²) in [5, 5.41) is 8.74. The Bertz CT molecular complexity index is 399. The van der Waals surface area contributed by atoms with E-state index in [1.165, 1.54) is 17.2 Å². The Hall–Kier alpha value is -1.85. The Labute approximate surface area is 91.5 Å². The molecule has 1 N–H and O–H groups in total. The van der Waals surface area contributed by atoms with Crippen molar-refractivity contribution in [3.8, 4) is 5.75 Å². The Morgan fingerprint density at radius 2 is 2.44 bits per heavy atom. The zero-order valence-electron chi connectivity index (χ0n) is 8.47. The second-order valence-corrected chi connectivity index (χ2v) is 3.60. The summed E-state index contributed by atoms with van der Waals surface area (Å²) in [6.45, 7) is 0.759. The van der Waals surface area contributed by atoms with E-state index in [1.807, 2.05) is 0 Å². The molecule has 1 aliphatic heterocycles. The molecule has 2 heterocycles. The van der Waals surface area contributed by atoms with E-state index in [4.69, 9.17) is 9.84 Å². The second-order valence-electron chi connectivity index (χ2n) is 3.60. The average molecular weight is 226 g/mol. The molecule has 1 fully saturated rings. The molecular weight excluding hydrogens is 215 g/mol. The molecule has 0 bridgehead atoms. The number of carboxylic acid groups (broad SMARTS) is 1. The third-order valence-corrected chi connectivity index (χ3v) is 2.40. The van der Waals surface area contributed by atoms with Gasteiger partial charge in [-0.1, -0.05) is 0 Å². The van der Waals surface area contributed by atoms with Crippen LogP contribution >= 0.6 is 0 Å². The lowest BCUT2D eigenvalue weighted by Gasteiger charge is -2.14. The van der Waals surface area contributed by atoms with Crippen molar-refractivity contribution in [2.24, 2.45) is 0 Å². The molecule has 1 atom stereocenters. The summed E-state index contributed by atoms with van der Waals surface area (Å²) < 4.78 is 18.2. The molecule has 1 aromatic heterocycles. The minimum Gasteiger partial charge on any atom is -0.487 e. The number of hydrogen-bond donors (Lipinski definition) is 1. The topological polar surface area (TPSA) is 62.7 Å². The van der Waals surface area contributed by atoms with Crippen molar-refractivity contribution < 1.29 is 19.0 Å². The highest BCUT2D eigenvalue weighted by atomic mass is 19.1. The predicted octanol–water partition coefficient (Wildman–Crippen LogP) is 1.35. The number of nitrogens with zero attached hydrogens (tertiary/aromatic N) is 2. The summed E-state index contributed by atoms with van der Waals surface area (Å²) in [4.78, 5) is 15.6. The van der Waals surface area contributed by atoms with Crippen LogP contribution in [0.3, 0.4) is 0 Å². The number of likely N-dealkylation sites (tertiary alicyclic amines) is 1. The molecule has 0 saturated carbocycles. The van der Waals surface area contributed by atoms with Crippen LogP contribution in [0.4, 0.5) is 9.18 Å². The van der Waals surface area contributed by atoms with E-state index in [2.05, 4.69) is 4.98 Å². The van der Waals surface area contributed by atoms with Gasteiger partial charge in [-0.05, 0) is 0 Å². The minimum atomic E-state index is -0.955. The number of hydrogen-bond acceptors (Lipinski definition) is 3. The van der Waals surface area contributed by atoms with E-state index in [1.54, 1.807) is 0 Å².